The second-order valence-corrected chi connectivity index (χ2v) is 8.99. The van der Waals surface area contributed by atoms with E-state index in [1.807, 2.05) is 0 Å². The molecular formula is C27H32F3NO. The lowest BCUT2D eigenvalue weighted by Crippen LogP contribution is -2.22. The molecule has 2 aromatic carbocycles. The highest BCUT2D eigenvalue weighted by Gasteiger charge is 2.34. The largest absolute Gasteiger partial charge is 0.429 e. The highest BCUT2D eigenvalue weighted by Crippen LogP contribution is 2.35. The van der Waals surface area contributed by atoms with E-state index in [1.165, 1.54) is 69.6 Å². The van der Waals surface area contributed by atoms with Crippen molar-refractivity contribution in [3.63, 3.8) is 0 Å². The van der Waals surface area contributed by atoms with Gasteiger partial charge in [-0.15, -0.1) is 0 Å². The number of hydrogen-bond acceptors (Lipinski definition) is 2. The maximum Gasteiger partial charge on any atom is 0.426 e. The Labute approximate surface area is 189 Å². The molecule has 1 saturated carbocycles. The highest BCUT2D eigenvalue weighted by molar-refractivity contribution is 5.37. The Kier molecular flexibility index (Phi) is 8.61. The van der Waals surface area contributed by atoms with Crippen LogP contribution in [0.4, 0.5) is 13.2 Å². The van der Waals surface area contributed by atoms with E-state index >= 15 is 0 Å². The molecule has 0 radical (unpaired) electrons. The predicted molar refractivity (Wildman–Crippen MR) is 120 cm³/mol. The molecule has 0 N–H and O–H groups in total. The van der Waals surface area contributed by atoms with Gasteiger partial charge in [0.2, 0.25) is 0 Å². The summed E-state index contributed by atoms with van der Waals surface area (Å²) in [7, 11) is 0. The minimum absolute atomic E-state index is 0.213. The molecule has 0 saturated heterocycles. The normalized spacial score (nSPS) is 18.8. The lowest BCUT2D eigenvalue weighted by Gasteiger charge is -2.28. The van der Waals surface area contributed by atoms with Crippen LogP contribution in [0.25, 0.3) is 0 Å². The maximum absolute atomic E-state index is 14.5. The molecule has 0 atom stereocenters. The SMILES string of the molecule is CCCCC[C@H]1CC[C@H](CCc2ccc(C(F)(F)Oc3ccc(C#N)c(F)c3)cc2)CC1. The van der Waals surface area contributed by atoms with Gasteiger partial charge in [0, 0.05) is 6.07 Å². The highest BCUT2D eigenvalue weighted by atomic mass is 19.3. The molecule has 32 heavy (non-hydrogen) atoms. The van der Waals surface area contributed by atoms with Crippen molar-refractivity contribution in [1.82, 2.24) is 0 Å². The number of benzene rings is 2. The lowest BCUT2D eigenvalue weighted by atomic mass is 9.78. The minimum atomic E-state index is -3.59. The zero-order valence-corrected chi connectivity index (χ0v) is 18.8. The average Bonchev–Trinajstić information content (AvgIpc) is 2.79. The van der Waals surface area contributed by atoms with E-state index in [0.717, 1.165) is 42.4 Å². The second-order valence-electron chi connectivity index (χ2n) is 8.99. The first kappa shape index (κ1) is 24.2. The molecule has 2 aromatic rings. The Morgan fingerprint density at radius 1 is 0.969 bits per heavy atom. The first-order valence-corrected chi connectivity index (χ1v) is 11.8. The maximum atomic E-state index is 14.5. The first-order chi connectivity index (χ1) is 15.4. The van der Waals surface area contributed by atoms with E-state index in [9.17, 15) is 13.2 Å². The predicted octanol–water partition coefficient (Wildman–Crippen LogP) is 8.14. The van der Waals surface area contributed by atoms with Crippen molar-refractivity contribution in [2.24, 2.45) is 11.8 Å². The molecule has 2 nitrogen and oxygen atoms in total. The fourth-order valence-corrected chi connectivity index (χ4v) is 4.59. The second kappa shape index (κ2) is 11.4. The fraction of sp³-hybridized carbons (Fsp3) is 0.519. The molecule has 172 valence electrons. The molecular weight excluding hydrogens is 411 g/mol. The number of ether oxygens (including phenoxy) is 1. The summed E-state index contributed by atoms with van der Waals surface area (Å²) >= 11 is 0. The van der Waals surface area contributed by atoms with Crippen LogP contribution in [0.2, 0.25) is 0 Å². The molecule has 0 aliphatic heterocycles. The van der Waals surface area contributed by atoms with Crippen LogP contribution in [0, 0.1) is 29.0 Å². The van der Waals surface area contributed by atoms with Crippen molar-refractivity contribution < 1.29 is 17.9 Å². The number of nitriles is 1. The van der Waals surface area contributed by atoms with Crippen molar-refractivity contribution in [1.29, 1.82) is 5.26 Å². The minimum Gasteiger partial charge on any atom is -0.429 e. The van der Waals surface area contributed by atoms with E-state index in [1.54, 1.807) is 18.2 Å². The van der Waals surface area contributed by atoms with Gasteiger partial charge in [-0.3, -0.25) is 0 Å². The summed E-state index contributed by atoms with van der Waals surface area (Å²) in [5.41, 5.74) is 0.549. The van der Waals surface area contributed by atoms with Crippen LogP contribution in [-0.2, 0) is 12.5 Å². The average molecular weight is 444 g/mol. The van der Waals surface area contributed by atoms with E-state index in [-0.39, 0.29) is 16.9 Å². The van der Waals surface area contributed by atoms with Gasteiger partial charge in [0.05, 0.1) is 11.1 Å². The molecule has 0 amide bonds. The summed E-state index contributed by atoms with van der Waals surface area (Å²) in [5, 5.41) is 8.75. The van der Waals surface area contributed by atoms with E-state index in [2.05, 4.69) is 6.92 Å². The van der Waals surface area contributed by atoms with Gasteiger partial charge in [-0.1, -0.05) is 70.4 Å². The molecule has 5 heteroatoms. The Morgan fingerprint density at radius 3 is 2.22 bits per heavy atom. The molecule has 1 aliphatic carbocycles. The summed E-state index contributed by atoms with van der Waals surface area (Å²) in [4.78, 5) is 0. The molecule has 1 fully saturated rings. The fourth-order valence-electron chi connectivity index (χ4n) is 4.59. The Bertz CT molecular complexity index is 896. The van der Waals surface area contributed by atoms with Crippen molar-refractivity contribution >= 4 is 0 Å². The molecule has 0 aromatic heterocycles. The molecule has 3 rings (SSSR count). The summed E-state index contributed by atoms with van der Waals surface area (Å²) in [5.74, 6) is 0.420. The standard InChI is InChI=1S/C27H32F3NO/c1-2-3-4-5-20-6-8-21(9-7-20)10-11-22-12-15-24(16-13-22)27(29,30)32-25-17-14-23(19-31)26(28)18-25/h12-18,20-21H,2-11H2,1H3/t20-,21-. The molecule has 0 unspecified atom stereocenters. The van der Waals surface area contributed by atoms with Gasteiger partial charge in [0.1, 0.15) is 17.6 Å². The van der Waals surface area contributed by atoms with E-state index in [4.69, 9.17) is 10.00 Å². The van der Waals surface area contributed by atoms with Crippen LogP contribution in [-0.4, -0.2) is 0 Å². The molecule has 0 heterocycles. The Morgan fingerprint density at radius 2 is 1.62 bits per heavy atom. The zero-order valence-electron chi connectivity index (χ0n) is 18.8. The molecule has 1 aliphatic rings. The smallest absolute Gasteiger partial charge is 0.426 e. The van der Waals surface area contributed by atoms with Crippen LogP contribution in [0.1, 0.15) is 81.4 Å². The van der Waals surface area contributed by atoms with Gasteiger partial charge in [0.25, 0.3) is 0 Å². The van der Waals surface area contributed by atoms with Crippen LogP contribution in [0.5, 0.6) is 5.75 Å². The van der Waals surface area contributed by atoms with Crippen molar-refractivity contribution in [3.05, 3.63) is 65.0 Å². The van der Waals surface area contributed by atoms with Gasteiger partial charge in [-0.2, -0.15) is 14.0 Å². The van der Waals surface area contributed by atoms with Crippen molar-refractivity contribution in [3.8, 4) is 11.8 Å². The van der Waals surface area contributed by atoms with E-state index in [0.29, 0.717) is 0 Å². The number of nitrogens with zero attached hydrogens (tertiary/aromatic N) is 1. The number of hydrogen-bond donors (Lipinski definition) is 0. The first-order valence-electron chi connectivity index (χ1n) is 11.8. The third kappa shape index (κ3) is 6.76. The monoisotopic (exact) mass is 443 g/mol. The zero-order chi connectivity index (χ0) is 23.0. The quantitative estimate of drug-likeness (QED) is 0.347. The van der Waals surface area contributed by atoms with Crippen molar-refractivity contribution in [2.45, 2.75) is 77.2 Å². The third-order valence-electron chi connectivity index (χ3n) is 6.62. The van der Waals surface area contributed by atoms with E-state index < -0.39 is 11.9 Å². The summed E-state index contributed by atoms with van der Waals surface area (Å²) < 4.78 is 47.4. The number of unbranched alkanes of at least 4 members (excludes halogenated alkanes) is 2. The number of alkyl halides is 2. The van der Waals surface area contributed by atoms with Crippen LogP contribution in [0.15, 0.2) is 42.5 Å². The third-order valence-corrected chi connectivity index (χ3v) is 6.62. The van der Waals surface area contributed by atoms with Crippen LogP contribution in [0.3, 0.4) is 0 Å². The van der Waals surface area contributed by atoms with Gasteiger partial charge >= 0.3 is 6.11 Å². The van der Waals surface area contributed by atoms with Crippen molar-refractivity contribution in [2.75, 3.05) is 0 Å². The number of aryl methyl sites for hydroxylation is 1. The van der Waals surface area contributed by atoms with Gasteiger partial charge in [0.15, 0.2) is 0 Å². The summed E-state index contributed by atoms with van der Waals surface area (Å²) in [6, 6.07) is 11.0. The number of halogens is 3. The van der Waals surface area contributed by atoms with Gasteiger partial charge < -0.3 is 4.74 Å². The van der Waals surface area contributed by atoms with Crippen LogP contribution < -0.4 is 4.74 Å². The molecule has 0 bridgehead atoms. The van der Waals surface area contributed by atoms with Gasteiger partial charge in [-0.25, -0.2) is 4.39 Å². The molecule has 0 spiro atoms. The lowest BCUT2D eigenvalue weighted by molar-refractivity contribution is -0.185. The Hall–Kier alpha value is -2.48. The topological polar surface area (TPSA) is 33.0 Å². The van der Waals surface area contributed by atoms with Gasteiger partial charge in [-0.05, 0) is 54.5 Å². The summed E-state index contributed by atoms with van der Waals surface area (Å²) in [6.45, 7) is 2.24. The Balaban J connectivity index is 1.48. The summed E-state index contributed by atoms with van der Waals surface area (Å²) in [6.07, 6.45) is 8.95. The number of rotatable bonds is 10. The van der Waals surface area contributed by atoms with Crippen LogP contribution >= 0.6 is 0 Å².